The number of hydrazone groups is 2. The number of likely N-dealkylation sites (N-methyl/N-ethyl adjacent to an activating group) is 5. The molecule has 25 heteroatoms. The van der Waals surface area contributed by atoms with Crippen molar-refractivity contribution in [3.8, 4) is 0 Å². The second-order valence-electron chi connectivity index (χ2n) is 30.4. The predicted molar refractivity (Wildman–Crippen MR) is 622 cm³/mol. The molecule has 0 spiro atoms. The molecule has 0 radical (unpaired) electrons. The molecule has 0 bridgehead atoms. The third kappa shape index (κ3) is 36.3. The molecule has 15 rings (SSSR count). The predicted octanol–water partition coefficient (Wildman–Crippen LogP) is 26.4. The Kier molecular flexibility index (Phi) is 61.2. The van der Waals surface area contributed by atoms with E-state index in [1.807, 2.05) is 406 Å². The van der Waals surface area contributed by atoms with Gasteiger partial charge in [0.05, 0.1) is 57.0 Å². The van der Waals surface area contributed by atoms with Crippen LogP contribution in [0.4, 0.5) is 28.4 Å². The minimum Gasteiger partial charge on any atom is -0.329 e. The topological polar surface area (TPSA) is 241 Å². The van der Waals surface area contributed by atoms with E-state index < -0.39 is 0 Å². The highest BCUT2D eigenvalue weighted by atomic mass is 16.2. The smallest absolute Gasteiger partial charge is 0.239 e. The zero-order valence-corrected chi connectivity index (χ0v) is 94.9. The Labute approximate surface area is 871 Å². The molecule has 5 aliphatic heterocycles. The SMILES string of the molecule is CC.CC.CC.CC.CC.CC.CC.CC.CC.CC.CC(=O)N(C)/N=C1\C(C)N=C(c2ccccc2)c2ccccc2N1C.CC(=O)N(C)/N=C1\C(C)N=C(c2ccccc2)c2ccccc2N1C.CC(=O)N(C)N(C)C1=Nc2ccccc2C(c2ccccc2)=NC1C.CC(=O)N(C)N(C)C1=Nc2ccccc2C(c2ccccc2)=NC1C.CC(=O)N(C)N(C)C1=Nc2ccccc2C(c2ccccc2)=NC1C. The maximum Gasteiger partial charge on any atom is 0.239 e. The van der Waals surface area contributed by atoms with Gasteiger partial charge in [-0.1, -0.05) is 381 Å². The van der Waals surface area contributed by atoms with E-state index >= 15 is 0 Å². The van der Waals surface area contributed by atoms with Gasteiger partial charge in [0.2, 0.25) is 29.5 Å². The van der Waals surface area contributed by atoms with Crippen LogP contribution in [0.25, 0.3) is 0 Å². The number of hydrogen-bond donors (Lipinski definition) is 0. The number of nitrogens with zero attached hydrogens (tertiary/aromatic N) is 20. The molecule has 5 atom stereocenters. The van der Waals surface area contributed by atoms with Crippen molar-refractivity contribution >= 4 is 116 Å². The molecule has 5 unspecified atom stereocenters. The zero-order valence-electron chi connectivity index (χ0n) is 94.9. The summed E-state index contributed by atoms with van der Waals surface area (Å²) in [5, 5.41) is 21.6. The number of carbonyl (C=O) groups excluding carboxylic acids is 5. The van der Waals surface area contributed by atoms with Crippen LogP contribution in [0, 0.1) is 0 Å². The molecule has 5 aliphatic rings. The third-order valence-electron chi connectivity index (χ3n) is 21.8. The summed E-state index contributed by atoms with van der Waals surface area (Å²) < 4.78 is 0. The van der Waals surface area contributed by atoms with Gasteiger partial charge in [0.25, 0.3) is 0 Å². The first-order valence-corrected chi connectivity index (χ1v) is 51.4. The van der Waals surface area contributed by atoms with Crippen LogP contribution in [0.2, 0.25) is 0 Å². The molecule has 0 aliphatic carbocycles. The fraction of sp³-hybridized carbons (Fsp3) is 0.375. The van der Waals surface area contributed by atoms with E-state index in [1.165, 1.54) is 44.6 Å². The van der Waals surface area contributed by atoms with Crippen LogP contribution >= 0.6 is 0 Å². The van der Waals surface area contributed by atoms with Crippen molar-refractivity contribution in [3.05, 3.63) is 329 Å². The second kappa shape index (κ2) is 69.2. The summed E-state index contributed by atoms with van der Waals surface area (Å²) in [5.74, 6) is 3.28. The van der Waals surface area contributed by atoms with Gasteiger partial charge in [0.15, 0.2) is 11.7 Å². The molecule has 0 fully saturated rings. The number of aliphatic imine (C=N–C) groups is 8. The van der Waals surface area contributed by atoms with Gasteiger partial charge in [-0.25, -0.2) is 25.0 Å². The highest BCUT2D eigenvalue weighted by Gasteiger charge is 2.33. The molecular formula is C120H170N20O5. The minimum atomic E-state index is -0.186. The van der Waals surface area contributed by atoms with E-state index in [1.54, 1.807) is 65.3 Å². The number of rotatable bonds is 7. The Morgan fingerprint density at radius 3 is 0.607 bits per heavy atom. The number of anilines is 2. The minimum absolute atomic E-state index is 0.0535. The van der Waals surface area contributed by atoms with Gasteiger partial charge in [0.1, 0.15) is 47.7 Å². The Bertz CT molecular complexity index is 5390. The molecule has 10 aromatic rings. The lowest BCUT2D eigenvalue weighted by atomic mass is 10.0. The molecule has 145 heavy (non-hydrogen) atoms. The number of carbonyl (C=O) groups is 5. The summed E-state index contributed by atoms with van der Waals surface area (Å²) in [4.78, 5) is 102. The van der Waals surface area contributed by atoms with Crippen LogP contribution in [0.3, 0.4) is 0 Å². The molecule has 5 amide bonds. The van der Waals surface area contributed by atoms with Crippen molar-refractivity contribution in [2.75, 3.05) is 80.3 Å². The molecule has 0 N–H and O–H groups in total. The first-order chi connectivity index (χ1) is 69.9. The van der Waals surface area contributed by atoms with Crippen LogP contribution in [0.1, 0.15) is 263 Å². The normalized spacial score (nSPS) is 15.2. The zero-order chi connectivity index (χ0) is 110. The van der Waals surface area contributed by atoms with Gasteiger partial charge >= 0.3 is 0 Å². The van der Waals surface area contributed by atoms with Gasteiger partial charge < -0.3 is 9.80 Å². The van der Waals surface area contributed by atoms with E-state index in [9.17, 15) is 24.0 Å². The Morgan fingerprint density at radius 1 is 0.234 bits per heavy atom. The van der Waals surface area contributed by atoms with Gasteiger partial charge in [-0.15, -0.1) is 0 Å². The Morgan fingerprint density at radius 2 is 0.407 bits per heavy atom. The molecule has 10 aromatic carbocycles. The molecule has 780 valence electrons. The number of benzodiazepines with no additional fused rings is 2. The number of hydrazine groups is 3. The van der Waals surface area contributed by atoms with E-state index in [2.05, 4.69) is 95.1 Å². The summed E-state index contributed by atoms with van der Waals surface area (Å²) >= 11 is 0. The van der Waals surface area contributed by atoms with Crippen molar-refractivity contribution in [2.24, 2.45) is 50.1 Å². The standard InChI is InChI=1S/5C20H22N4O.10C2H6/c2*1-14-20(22-24(4)15(2)25)23(3)18-13-9-8-12-17(18)19(21-14)16-10-6-5-7-11-16;3*1-14-20(24(4)23(3)15(2)25)22-18-13-9-8-12-17(18)19(21-14)16-10-6-5-7-11-16;10*1-2/h5*5-14H,1-4H3;10*1-2H3/b2*22-20+;;;;;;;;;;;;;. The van der Waals surface area contributed by atoms with Crippen LogP contribution in [0.5, 0.6) is 0 Å². The van der Waals surface area contributed by atoms with E-state index in [0.717, 1.165) is 142 Å². The average Bonchev–Trinajstić information content (AvgIpc) is 1.66. The van der Waals surface area contributed by atoms with Crippen molar-refractivity contribution in [1.29, 1.82) is 0 Å². The summed E-state index contributed by atoms with van der Waals surface area (Å²) in [6, 6.07) is 89.9. The number of fused-ring (bicyclic) bond motifs is 5. The monoisotopic (exact) mass is 1970 g/mol. The van der Waals surface area contributed by atoms with Crippen LogP contribution in [-0.4, -0.2) is 228 Å². The fourth-order valence-electron chi connectivity index (χ4n) is 14.3. The number of hydrogen-bond acceptors (Lipinski definition) is 18. The van der Waals surface area contributed by atoms with Crippen molar-refractivity contribution in [3.63, 3.8) is 0 Å². The molecule has 5 heterocycles. The average molecular weight is 1970 g/mol. The molecule has 25 nitrogen and oxygen atoms in total. The first kappa shape index (κ1) is 128. The van der Waals surface area contributed by atoms with E-state index in [0.29, 0.717) is 0 Å². The fourth-order valence-corrected chi connectivity index (χ4v) is 14.3. The van der Waals surface area contributed by atoms with Crippen LogP contribution < -0.4 is 9.80 Å². The molecule has 0 aromatic heterocycles. The number of benzene rings is 10. The van der Waals surface area contributed by atoms with Gasteiger partial charge in [-0.05, 0) is 65.0 Å². The van der Waals surface area contributed by atoms with E-state index in [4.69, 9.17) is 39.9 Å². The van der Waals surface area contributed by atoms with Gasteiger partial charge in [-0.2, -0.15) is 10.2 Å². The Balaban J connectivity index is 0.000000866. The summed E-state index contributed by atoms with van der Waals surface area (Å²) in [6.45, 7) is 57.6. The highest BCUT2D eigenvalue weighted by molar-refractivity contribution is 6.23. The maximum absolute atomic E-state index is 11.7. The van der Waals surface area contributed by atoms with Crippen LogP contribution in [0.15, 0.2) is 323 Å². The van der Waals surface area contributed by atoms with Gasteiger partial charge in [0, 0.05) is 161 Å². The lowest BCUT2D eigenvalue weighted by molar-refractivity contribution is -0.137. The number of amides is 5. The van der Waals surface area contributed by atoms with Crippen LogP contribution in [-0.2, 0) is 24.0 Å². The van der Waals surface area contributed by atoms with Crippen molar-refractivity contribution < 1.29 is 24.0 Å². The van der Waals surface area contributed by atoms with Crippen molar-refractivity contribution in [2.45, 2.75) is 238 Å². The molecular weight excluding hydrogens is 1800 g/mol. The van der Waals surface area contributed by atoms with Crippen molar-refractivity contribution in [1.82, 2.24) is 40.1 Å². The maximum atomic E-state index is 11.7. The molecule has 0 saturated heterocycles. The largest absolute Gasteiger partial charge is 0.329 e. The molecule has 0 saturated carbocycles. The summed E-state index contributed by atoms with van der Waals surface area (Å²) in [5.41, 5.74) is 19.6. The third-order valence-corrected chi connectivity index (χ3v) is 21.8. The highest BCUT2D eigenvalue weighted by Crippen LogP contribution is 2.35. The summed E-state index contributed by atoms with van der Waals surface area (Å²) in [7, 11) is 18.0. The van der Waals surface area contributed by atoms with Gasteiger partial charge in [-0.3, -0.25) is 79.0 Å². The number of amidine groups is 5. The summed E-state index contributed by atoms with van der Waals surface area (Å²) in [6.07, 6.45) is 0. The quantitative estimate of drug-likeness (QED) is 0.137. The second-order valence-corrected chi connectivity index (χ2v) is 30.4. The van der Waals surface area contributed by atoms with E-state index in [-0.39, 0.29) is 59.7 Å². The first-order valence-electron chi connectivity index (χ1n) is 51.4. The lowest BCUT2D eigenvalue weighted by Crippen LogP contribution is -2.47. The number of para-hydroxylation sites is 5. The lowest BCUT2D eigenvalue weighted by Gasteiger charge is -2.31. The Hall–Kier alpha value is -14.8.